The molecule has 0 saturated heterocycles. The largest absolute Gasteiger partial charge is 0.429 e. The van der Waals surface area contributed by atoms with Crippen molar-refractivity contribution < 1.29 is 46.8 Å². The summed E-state index contributed by atoms with van der Waals surface area (Å²) in [6, 6.07) is 0. The van der Waals surface area contributed by atoms with E-state index in [2.05, 4.69) is 13.0 Å². The Hall–Kier alpha value is -1.36. The third-order valence-corrected chi connectivity index (χ3v) is 10.2. The zero-order valence-electron chi connectivity index (χ0n) is 25.2. The number of allylic oxidation sites excluding steroid dienone is 4. The van der Waals surface area contributed by atoms with Crippen LogP contribution in [0.4, 0.5) is 26.3 Å². The fraction of sp³-hybridized carbons (Fsp3) is 0.812. The van der Waals surface area contributed by atoms with Crippen LogP contribution < -0.4 is 0 Å². The summed E-state index contributed by atoms with van der Waals surface area (Å²) in [5.41, 5.74) is -4.53. The van der Waals surface area contributed by atoms with E-state index in [0.717, 1.165) is 43.8 Å². The van der Waals surface area contributed by atoms with Crippen molar-refractivity contribution in [3.05, 3.63) is 35.5 Å². The molecule has 0 aromatic rings. The highest BCUT2D eigenvalue weighted by Crippen LogP contribution is 2.64. The first-order chi connectivity index (χ1) is 19.1. The Morgan fingerprint density at radius 3 is 2.02 bits per heavy atom. The Morgan fingerprint density at radius 2 is 1.48 bits per heavy atom. The van der Waals surface area contributed by atoms with Crippen molar-refractivity contribution in [3.8, 4) is 0 Å². The van der Waals surface area contributed by atoms with Gasteiger partial charge >= 0.3 is 12.4 Å². The quantitative estimate of drug-likeness (QED) is 0.159. The van der Waals surface area contributed by atoms with Crippen molar-refractivity contribution in [2.45, 2.75) is 141 Å². The average molecular weight is 611 g/mol. The number of aliphatic hydroxyl groups excluding tert-OH is 2. The molecule has 0 aromatic carbocycles. The monoisotopic (exact) mass is 610 g/mol. The molecule has 3 saturated carbocycles. The fourth-order valence-corrected chi connectivity index (χ4v) is 8.11. The van der Waals surface area contributed by atoms with Crippen LogP contribution in [0.15, 0.2) is 35.5 Å². The van der Waals surface area contributed by atoms with Crippen LogP contribution in [0.3, 0.4) is 0 Å². The van der Waals surface area contributed by atoms with Gasteiger partial charge in [0, 0.05) is 0 Å². The van der Waals surface area contributed by atoms with E-state index in [-0.39, 0.29) is 29.7 Å². The van der Waals surface area contributed by atoms with Gasteiger partial charge in [-0.25, -0.2) is 0 Å². The lowest BCUT2D eigenvalue weighted by molar-refractivity contribution is -0.347. The molecule has 4 nitrogen and oxygen atoms in total. The molecule has 3 fully saturated rings. The molecule has 0 heterocycles. The Kier molecular flexibility index (Phi) is 10.5. The second-order valence-electron chi connectivity index (χ2n) is 14.2. The zero-order valence-corrected chi connectivity index (χ0v) is 25.2. The minimum absolute atomic E-state index is 0.000925. The second kappa shape index (κ2) is 12.6. The summed E-state index contributed by atoms with van der Waals surface area (Å²) < 4.78 is 80.1. The molecule has 4 N–H and O–H groups in total. The summed E-state index contributed by atoms with van der Waals surface area (Å²) >= 11 is 0. The Morgan fingerprint density at radius 1 is 0.881 bits per heavy atom. The van der Waals surface area contributed by atoms with E-state index in [4.69, 9.17) is 0 Å². The number of rotatable bonds is 9. The van der Waals surface area contributed by atoms with Crippen LogP contribution in [0.25, 0.3) is 0 Å². The molecule has 0 aromatic heterocycles. The molecule has 42 heavy (non-hydrogen) atoms. The molecular weight excluding hydrogens is 562 g/mol. The van der Waals surface area contributed by atoms with Gasteiger partial charge in [-0.05, 0) is 113 Å². The van der Waals surface area contributed by atoms with Gasteiger partial charge in [-0.3, -0.25) is 0 Å². The molecule has 0 spiro atoms. The lowest BCUT2D eigenvalue weighted by Gasteiger charge is -2.49. The second-order valence-corrected chi connectivity index (χ2v) is 14.2. The van der Waals surface area contributed by atoms with Crippen LogP contribution in [0.2, 0.25) is 0 Å². The molecule has 10 heteroatoms. The van der Waals surface area contributed by atoms with E-state index < -0.39 is 41.2 Å². The minimum atomic E-state index is -5.91. The maximum atomic E-state index is 13.3. The number of aliphatic hydroxyl groups is 4. The highest BCUT2D eigenvalue weighted by atomic mass is 19.4. The lowest BCUT2D eigenvalue weighted by atomic mass is 9.55. The van der Waals surface area contributed by atoms with E-state index in [1.165, 1.54) is 5.57 Å². The Balaban J connectivity index is 1.91. The Bertz CT molecular complexity index is 997. The molecule has 2 unspecified atom stereocenters. The van der Waals surface area contributed by atoms with Crippen molar-refractivity contribution in [1.82, 2.24) is 0 Å². The van der Waals surface area contributed by atoms with Crippen LogP contribution in [0, 0.1) is 22.7 Å². The summed E-state index contributed by atoms with van der Waals surface area (Å²) in [5.74, 6) is 0.201. The molecule has 3 rings (SSSR count). The van der Waals surface area contributed by atoms with E-state index >= 15 is 0 Å². The van der Waals surface area contributed by atoms with E-state index in [1.54, 1.807) is 13.8 Å². The molecule has 0 bridgehead atoms. The van der Waals surface area contributed by atoms with Crippen LogP contribution >= 0.6 is 0 Å². The van der Waals surface area contributed by atoms with Crippen LogP contribution in [0.1, 0.15) is 105 Å². The standard InChI is InChI=1S/C32H48F6O4/c1-27(2,41)13-6-14-28(3,15-7-17-30(42,31(33,34)35)32(36,37)38)26-12-11-25-22(8-5-16-29(25,26)4)10-9-21-18-23(39)20-24(40)19-21/h7,9-10,17,23-26,39-42H,5-6,8,11-16,18-20H2,1-4H3/b17-7+,22-10+/t23-,24-,25?,26?,28-,29+/m1/s1. The summed E-state index contributed by atoms with van der Waals surface area (Å²) in [5, 5.41) is 40.1. The third kappa shape index (κ3) is 7.83. The van der Waals surface area contributed by atoms with Gasteiger partial charge in [-0.2, -0.15) is 26.3 Å². The molecule has 3 aliphatic rings. The lowest BCUT2D eigenvalue weighted by Crippen LogP contribution is -2.55. The predicted molar refractivity (Wildman–Crippen MR) is 149 cm³/mol. The van der Waals surface area contributed by atoms with Gasteiger partial charge in [0.25, 0.3) is 5.60 Å². The topological polar surface area (TPSA) is 80.9 Å². The Labute approximate surface area is 245 Å². The maximum Gasteiger partial charge on any atom is 0.429 e. The van der Waals surface area contributed by atoms with Crippen LogP contribution in [-0.2, 0) is 0 Å². The number of alkyl halides is 6. The summed E-state index contributed by atoms with van der Waals surface area (Å²) in [6.45, 7) is 7.44. The first-order valence-corrected chi connectivity index (χ1v) is 15.1. The third-order valence-electron chi connectivity index (χ3n) is 10.2. The van der Waals surface area contributed by atoms with Gasteiger partial charge in [0.1, 0.15) is 0 Å². The SMILES string of the molecule is CC(C)(O)CCC[C@](C)(C/C=C/C(O)(C(F)(F)F)C(F)(F)F)C1CCC2/C(=C/C=C3C[C@@H](O)C[C@H](O)C3)CCC[C@@]21C. The molecule has 242 valence electrons. The first kappa shape index (κ1) is 35.1. The van der Waals surface area contributed by atoms with Gasteiger partial charge < -0.3 is 20.4 Å². The van der Waals surface area contributed by atoms with E-state index in [0.29, 0.717) is 38.5 Å². The van der Waals surface area contributed by atoms with Gasteiger partial charge in [0.05, 0.1) is 17.8 Å². The van der Waals surface area contributed by atoms with Crippen molar-refractivity contribution in [1.29, 1.82) is 0 Å². The predicted octanol–water partition coefficient (Wildman–Crippen LogP) is 7.71. The molecule has 0 aliphatic heterocycles. The number of halogens is 6. The summed E-state index contributed by atoms with van der Waals surface area (Å²) in [6.07, 6.45) is -1.06. The minimum Gasteiger partial charge on any atom is -0.393 e. The van der Waals surface area contributed by atoms with Crippen LogP contribution in [0.5, 0.6) is 0 Å². The van der Waals surface area contributed by atoms with Gasteiger partial charge in [-0.15, -0.1) is 0 Å². The van der Waals surface area contributed by atoms with Crippen molar-refractivity contribution >= 4 is 0 Å². The molecule has 0 radical (unpaired) electrons. The van der Waals surface area contributed by atoms with Crippen molar-refractivity contribution in [2.75, 3.05) is 0 Å². The summed E-state index contributed by atoms with van der Waals surface area (Å²) in [4.78, 5) is 0. The van der Waals surface area contributed by atoms with Crippen molar-refractivity contribution in [3.63, 3.8) is 0 Å². The average Bonchev–Trinajstić information content (AvgIpc) is 3.18. The van der Waals surface area contributed by atoms with Crippen molar-refractivity contribution in [2.24, 2.45) is 22.7 Å². The number of fused-ring (bicyclic) bond motifs is 1. The van der Waals surface area contributed by atoms with E-state index in [1.807, 2.05) is 13.0 Å². The maximum absolute atomic E-state index is 13.3. The van der Waals surface area contributed by atoms with Gasteiger partial charge in [0.15, 0.2) is 0 Å². The fourth-order valence-electron chi connectivity index (χ4n) is 8.11. The number of hydrogen-bond acceptors (Lipinski definition) is 4. The first-order valence-electron chi connectivity index (χ1n) is 15.1. The summed E-state index contributed by atoms with van der Waals surface area (Å²) in [7, 11) is 0. The molecular formula is C32H48F6O4. The van der Waals surface area contributed by atoms with E-state index in [9.17, 15) is 46.8 Å². The highest BCUT2D eigenvalue weighted by Gasteiger charge is 2.69. The normalized spacial score (nSPS) is 32.3. The van der Waals surface area contributed by atoms with Gasteiger partial charge in [-0.1, -0.05) is 49.6 Å². The molecule has 6 atom stereocenters. The zero-order chi connectivity index (χ0) is 31.8. The molecule has 0 amide bonds. The molecule has 3 aliphatic carbocycles. The highest BCUT2D eigenvalue weighted by molar-refractivity contribution is 5.27. The van der Waals surface area contributed by atoms with Gasteiger partial charge in [0.2, 0.25) is 0 Å². The number of hydrogen-bond donors (Lipinski definition) is 4. The van der Waals surface area contributed by atoms with Crippen LogP contribution in [-0.4, -0.2) is 56.2 Å². The smallest absolute Gasteiger partial charge is 0.393 e.